The Bertz CT molecular complexity index is 4140. The van der Waals surface area contributed by atoms with Crippen molar-refractivity contribution in [3.8, 4) is 56.0 Å². The normalized spacial score (nSPS) is 10.2. The minimum absolute atomic E-state index is 0. The Morgan fingerprint density at radius 1 is 0.460 bits per heavy atom. The van der Waals surface area contributed by atoms with Crippen LogP contribution in [0.5, 0.6) is 0 Å². The van der Waals surface area contributed by atoms with E-state index in [9.17, 15) is 14.4 Å². The summed E-state index contributed by atoms with van der Waals surface area (Å²) < 4.78 is 27.7. The van der Waals surface area contributed by atoms with Crippen molar-refractivity contribution in [3.05, 3.63) is 206 Å². The first-order valence-corrected chi connectivity index (χ1v) is 26.5. The molecular weight excluding hydrogens is 1190 g/mol. The largest absolute Gasteiger partial charge is 1.00 e. The number of anilines is 3. The van der Waals surface area contributed by atoms with Crippen LogP contribution in [0.25, 0.3) is 89.3 Å². The van der Waals surface area contributed by atoms with Crippen LogP contribution in [-0.4, -0.2) is 109 Å². The molecule has 0 unspecified atom stereocenters. The van der Waals surface area contributed by atoms with Gasteiger partial charge in [-0.15, -0.1) is 0 Å². The molecule has 0 amide bonds. The molecule has 12 aromatic rings. The third-order valence-corrected chi connectivity index (χ3v) is 13.0. The summed E-state index contributed by atoms with van der Waals surface area (Å²) in [5.74, 6) is 1.13. The zero-order valence-electron chi connectivity index (χ0n) is 46.4. The van der Waals surface area contributed by atoms with Gasteiger partial charge < -0.3 is 59.3 Å². The smallest absolute Gasteiger partial charge is 0.870 e. The average molecular weight is 1240 g/mol. The number of hydrogen-bond acceptors (Lipinski definition) is 20. The molecule has 0 aliphatic heterocycles. The number of hydrogen-bond donors (Lipinski definition) is 6. The zero-order chi connectivity index (χ0) is 58.8. The third-order valence-electron chi connectivity index (χ3n) is 12.4. The number of aliphatic carboxylic acids is 1. The first kappa shape index (κ1) is 66.6. The standard InChI is InChI=1S/C21H17N3O3.C20H15N3O3.C15H12BrN3O3.C6H7BO2.CH4.Na.H2O/c1-26-16(25)12-22-20-18-17(14-8-4-2-5-9-14)19(15-10-6-3-7-11-15)27-21(18)24-13-23-20;24-15(25)11-21-19-17-16(13-7-3-1-4-8-13)18(14-9-5-2-6-10-14)26-20(17)23-12-22-19;1-21-10(20)7-17-14-12-11(9-5-3-2-4-6-9)13(16)22-15(12)19-8-18-14;8-7(9)6-4-2-1-3-5-6;;;/h2-11,13H,12H2,1H3,(H,22,23,24);1-10,12H,11H2,(H,24,25)(H,21,22,23);2-6,8H,7H2,1H3,(H,17,18,19);1-5,8-9H;1H4;;1H2/q;;;;;+1;/p-1. The van der Waals surface area contributed by atoms with E-state index in [0.717, 1.165) is 49.9 Å². The van der Waals surface area contributed by atoms with E-state index in [4.69, 9.17) is 33.1 Å². The number of rotatable bonds is 15. The van der Waals surface area contributed by atoms with Gasteiger partial charge in [-0.3, -0.25) is 14.4 Å². The number of aromatic nitrogens is 6. The van der Waals surface area contributed by atoms with Crippen molar-refractivity contribution < 1.29 is 87.3 Å². The van der Waals surface area contributed by atoms with Crippen molar-refractivity contribution in [1.82, 2.24) is 29.9 Å². The molecule has 0 bridgehead atoms. The molecule has 12 rings (SSSR count). The molecular formula is C63H56BBrN9NaO12. The summed E-state index contributed by atoms with van der Waals surface area (Å²) in [5, 5.41) is 37.1. The number of halogens is 1. The van der Waals surface area contributed by atoms with Crippen LogP contribution in [0.15, 0.2) is 219 Å². The topological polar surface area (TPSA) is 313 Å². The molecule has 0 aliphatic rings. The van der Waals surface area contributed by atoms with Crippen molar-refractivity contribution in [2.45, 2.75) is 7.43 Å². The van der Waals surface area contributed by atoms with Gasteiger partial charge in [0, 0.05) is 27.8 Å². The van der Waals surface area contributed by atoms with Gasteiger partial charge in [-0.2, -0.15) is 0 Å². The van der Waals surface area contributed by atoms with Crippen LogP contribution < -0.4 is 51.0 Å². The first-order chi connectivity index (χ1) is 41.0. The van der Waals surface area contributed by atoms with Gasteiger partial charge in [-0.1, -0.05) is 189 Å². The molecule has 21 nitrogen and oxygen atoms in total. The Labute approximate surface area is 529 Å². The zero-order valence-corrected chi connectivity index (χ0v) is 50.0. The fraction of sp³-hybridized carbons (Fsp3) is 0.0952. The van der Waals surface area contributed by atoms with Crippen molar-refractivity contribution in [2.75, 3.05) is 49.8 Å². The number of esters is 2. The molecule has 0 radical (unpaired) electrons. The van der Waals surface area contributed by atoms with E-state index in [-0.39, 0.29) is 74.0 Å². The number of nitrogens with one attached hydrogen (secondary N) is 3. The molecule has 436 valence electrons. The summed E-state index contributed by atoms with van der Waals surface area (Å²) in [5.41, 5.74) is 9.11. The number of methoxy groups -OCH3 is 2. The Morgan fingerprint density at radius 2 is 0.759 bits per heavy atom. The Hall–Kier alpha value is -9.59. The molecule has 0 saturated carbocycles. The molecule has 7 N–H and O–H groups in total. The van der Waals surface area contributed by atoms with Crippen LogP contribution in [0, 0.1) is 0 Å². The van der Waals surface area contributed by atoms with E-state index >= 15 is 0 Å². The van der Waals surface area contributed by atoms with Gasteiger partial charge in [0.15, 0.2) is 4.67 Å². The van der Waals surface area contributed by atoms with Gasteiger partial charge in [0.2, 0.25) is 17.1 Å². The van der Waals surface area contributed by atoms with Crippen LogP contribution >= 0.6 is 15.9 Å². The number of fused-ring (bicyclic) bond motifs is 3. The van der Waals surface area contributed by atoms with E-state index in [1.165, 1.54) is 33.2 Å². The summed E-state index contributed by atoms with van der Waals surface area (Å²) in [7, 11) is 1.34. The van der Waals surface area contributed by atoms with E-state index in [2.05, 4.69) is 66.5 Å². The molecule has 0 fully saturated rings. The predicted octanol–water partition coefficient (Wildman–Crippen LogP) is 8.26. The molecule has 0 spiro atoms. The van der Waals surface area contributed by atoms with Gasteiger partial charge in [-0.05, 0) is 38.1 Å². The van der Waals surface area contributed by atoms with Gasteiger partial charge in [0.1, 0.15) is 67.6 Å². The summed E-state index contributed by atoms with van der Waals surface area (Å²) in [4.78, 5) is 59.2. The van der Waals surface area contributed by atoms with E-state index in [1.807, 2.05) is 158 Å². The average Bonchev–Trinajstić information content (AvgIpc) is 2.18. The Balaban J connectivity index is 0.000000192. The maximum absolute atomic E-state index is 11.6. The molecule has 0 aliphatic carbocycles. The fourth-order valence-corrected chi connectivity index (χ4v) is 9.21. The minimum Gasteiger partial charge on any atom is -0.870 e. The number of furan rings is 3. The monoisotopic (exact) mass is 1240 g/mol. The van der Waals surface area contributed by atoms with Gasteiger partial charge >= 0.3 is 54.6 Å². The maximum atomic E-state index is 11.6. The quantitative estimate of drug-likeness (QED) is 0.0415. The molecule has 24 heteroatoms. The van der Waals surface area contributed by atoms with Crippen LogP contribution in [0.2, 0.25) is 0 Å². The van der Waals surface area contributed by atoms with Crippen molar-refractivity contribution in [1.29, 1.82) is 0 Å². The second-order valence-electron chi connectivity index (χ2n) is 17.8. The first-order valence-electron chi connectivity index (χ1n) is 25.8. The second-order valence-corrected chi connectivity index (χ2v) is 18.5. The third kappa shape index (κ3) is 16.7. The summed E-state index contributed by atoms with van der Waals surface area (Å²) in [6.45, 7) is -0.228. The minimum atomic E-state index is -1.34. The van der Waals surface area contributed by atoms with Crippen LogP contribution in [0.4, 0.5) is 17.5 Å². The van der Waals surface area contributed by atoms with Gasteiger partial charge in [0.05, 0.1) is 30.4 Å². The van der Waals surface area contributed by atoms with Crippen molar-refractivity contribution >= 4 is 97.2 Å². The molecule has 0 atom stereocenters. The van der Waals surface area contributed by atoms with Crippen LogP contribution in [-0.2, 0) is 23.9 Å². The van der Waals surface area contributed by atoms with E-state index < -0.39 is 13.1 Å². The summed E-state index contributed by atoms with van der Waals surface area (Å²) in [6, 6.07) is 57.7. The molecule has 6 heterocycles. The SMILES string of the molecule is C.COC(=O)CNc1ncnc2oc(-c3ccccc3)c(-c3ccccc3)c12.COC(=O)CNc1ncnc2oc(Br)c(-c3ccccc3)c12.O=C(O)CNc1ncnc2oc(-c3ccccc3)c(-c3ccccc3)c12.OB(O)c1ccccc1.[Na+].[OH-]. The fourth-order valence-electron chi connectivity index (χ4n) is 8.62. The summed E-state index contributed by atoms with van der Waals surface area (Å²) >= 11 is 3.42. The number of carbonyl (C=O) groups excluding carboxylic acids is 2. The van der Waals surface area contributed by atoms with E-state index in [1.54, 1.807) is 24.3 Å². The summed E-state index contributed by atoms with van der Waals surface area (Å²) in [6.07, 6.45) is 4.15. The van der Waals surface area contributed by atoms with Gasteiger partial charge in [0.25, 0.3) is 0 Å². The molecule has 0 saturated heterocycles. The number of carbonyl (C=O) groups is 3. The van der Waals surface area contributed by atoms with Crippen molar-refractivity contribution in [3.63, 3.8) is 0 Å². The predicted molar refractivity (Wildman–Crippen MR) is 332 cm³/mol. The van der Waals surface area contributed by atoms with Crippen LogP contribution in [0.1, 0.15) is 7.43 Å². The second kappa shape index (κ2) is 32.6. The number of carboxylic acid groups (broad SMARTS) is 1. The van der Waals surface area contributed by atoms with Crippen LogP contribution in [0.3, 0.4) is 0 Å². The Morgan fingerprint density at radius 3 is 1.08 bits per heavy atom. The maximum Gasteiger partial charge on any atom is 1.00 e. The van der Waals surface area contributed by atoms with Gasteiger partial charge in [-0.25, -0.2) is 29.9 Å². The van der Waals surface area contributed by atoms with E-state index in [0.29, 0.717) is 67.0 Å². The number of ether oxygens (including phenoxy) is 2. The number of nitrogens with zero attached hydrogens (tertiary/aromatic N) is 6. The molecule has 6 aromatic heterocycles. The molecule has 6 aromatic carbocycles. The Kier molecular flexibility index (Phi) is 25.0. The number of benzene rings is 6. The van der Waals surface area contributed by atoms with Crippen molar-refractivity contribution in [2.24, 2.45) is 0 Å². The molecule has 87 heavy (non-hydrogen) atoms. The number of carboxylic acids is 1.